The molecule has 2 aliphatic rings. The summed E-state index contributed by atoms with van der Waals surface area (Å²) in [4.78, 5) is 14.6. The lowest BCUT2D eigenvalue weighted by atomic mass is 9.96. The molecular formula is C21H22FN3O6S3. The van der Waals surface area contributed by atoms with E-state index in [9.17, 15) is 31.1 Å². The molecule has 2 aliphatic heterocycles. The number of thiophene rings is 1. The molecule has 0 saturated carbocycles. The third kappa shape index (κ3) is 4.86. The zero-order valence-corrected chi connectivity index (χ0v) is 20.7. The maximum atomic E-state index is 13.2. The average molecular weight is 528 g/mol. The maximum absolute atomic E-state index is 13.2. The molecule has 0 fully saturated rings. The van der Waals surface area contributed by atoms with Crippen molar-refractivity contribution in [3.63, 3.8) is 0 Å². The quantitative estimate of drug-likeness (QED) is 0.590. The van der Waals surface area contributed by atoms with Gasteiger partial charge in [0.25, 0.3) is 15.9 Å². The van der Waals surface area contributed by atoms with Gasteiger partial charge in [-0.3, -0.25) is 4.79 Å². The number of aryl methyl sites for hydroxylation is 1. The minimum Gasteiger partial charge on any atom is -0.511 e. The van der Waals surface area contributed by atoms with Crippen LogP contribution < -0.4 is 5.32 Å². The summed E-state index contributed by atoms with van der Waals surface area (Å²) in [6, 6.07) is 5.64. The lowest BCUT2D eigenvalue weighted by Crippen LogP contribution is -2.44. The van der Waals surface area contributed by atoms with Crippen molar-refractivity contribution >= 4 is 47.9 Å². The van der Waals surface area contributed by atoms with Crippen molar-refractivity contribution < 1.29 is 31.1 Å². The first-order valence-corrected chi connectivity index (χ1v) is 14.6. The van der Waals surface area contributed by atoms with Gasteiger partial charge in [0.05, 0.1) is 5.75 Å². The number of amidine groups is 1. The number of hydrogen-bond donors (Lipinski definition) is 2. The van der Waals surface area contributed by atoms with Crippen LogP contribution in [0, 0.1) is 11.7 Å². The van der Waals surface area contributed by atoms with E-state index < -0.39 is 37.5 Å². The predicted molar refractivity (Wildman–Crippen MR) is 127 cm³/mol. The van der Waals surface area contributed by atoms with E-state index >= 15 is 0 Å². The molecule has 0 saturated heterocycles. The topological polar surface area (TPSA) is 133 Å². The second-order valence-corrected chi connectivity index (χ2v) is 13.0. The number of sulfonamides is 1. The number of hydrogen-bond acceptors (Lipinski definition) is 8. The summed E-state index contributed by atoms with van der Waals surface area (Å²) in [5, 5.41) is 15.3. The highest BCUT2D eigenvalue weighted by Gasteiger charge is 2.39. The average Bonchev–Trinajstić information content (AvgIpc) is 3.15. The molecule has 1 aromatic heterocycles. The van der Waals surface area contributed by atoms with Gasteiger partial charge in [-0.25, -0.2) is 12.8 Å². The van der Waals surface area contributed by atoms with Crippen LogP contribution in [-0.2, 0) is 37.6 Å². The summed E-state index contributed by atoms with van der Waals surface area (Å²) in [6.07, 6.45) is 1.07. The highest BCUT2D eigenvalue weighted by molar-refractivity contribution is 7.91. The van der Waals surface area contributed by atoms with Crippen LogP contribution >= 0.6 is 11.3 Å². The number of rotatable bonds is 6. The molecule has 2 aromatic rings. The van der Waals surface area contributed by atoms with Gasteiger partial charge in [-0.15, -0.1) is 15.7 Å². The monoisotopic (exact) mass is 527 g/mol. The number of halogens is 1. The van der Waals surface area contributed by atoms with Gasteiger partial charge in [0.2, 0.25) is 0 Å². The highest BCUT2D eigenvalue weighted by Crippen LogP contribution is 2.38. The second kappa shape index (κ2) is 8.78. The molecule has 3 heterocycles. The Labute approximate surface area is 200 Å². The number of nitrogens with one attached hydrogen (secondary N) is 1. The number of carbonyl (C=O) groups is 1. The number of anilines is 1. The minimum absolute atomic E-state index is 0.00574. The fraction of sp³-hybridized carbons (Fsp3) is 0.333. The molecule has 9 nitrogen and oxygen atoms in total. The molecule has 2 N–H and O–H groups in total. The molecule has 0 spiro atoms. The van der Waals surface area contributed by atoms with Crippen molar-refractivity contribution in [1.82, 2.24) is 4.90 Å². The Kier molecular flexibility index (Phi) is 6.29. The van der Waals surface area contributed by atoms with Crippen LogP contribution in [0.3, 0.4) is 0 Å². The van der Waals surface area contributed by atoms with E-state index in [1.807, 2.05) is 0 Å². The van der Waals surface area contributed by atoms with E-state index in [1.54, 1.807) is 24.4 Å². The Bertz CT molecular complexity index is 1430. The van der Waals surface area contributed by atoms with Crippen LogP contribution in [0.5, 0.6) is 0 Å². The van der Waals surface area contributed by atoms with Crippen molar-refractivity contribution in [1.29, 1.82) is 0 Å². The Morgan fingerprint density at radius 1 is 1.29 bits per heavy atom. The Balaban J connectivity index is 1.66. The fourth-order valence-electron chi connectivity index (χ4n) is 3.81. The SMILES string of the molecule is CC1CN(Cc2ccc(F)cc2)C(=O)C(C2=NS(=O)(=O)c3c(CCS(C)(=O)=O)csc3N2)=C1O. The molecule has 13 heteroatoms. The van der Waals surface area contributed by atoms with Crippen molar-refractivity contribution in [2.24, 2.45) is 10.3 Å². The van der Waals surface area contributed by atoms with Crippen LogP contribution in [-0.4, -0.2) is 57.1 Å². The number of sulfone groups is 1. The number of benzene rings is 1. The summed E-state index contributed by atoms with van der Waals surface area (Å²) in [5.74, 6) is -2.30. The summed E-state index contributed by atoms with van der Waals surface area (Å²) in [6.45, 7) is 2.02. The Hall–Kier alpha value is -2.77. The molecule has 0 radical (unpaired) electrons. The molecule has 1 atom stereocenters. The third-order valence-electron chi connectivity index (χ3n) is 5.50. The minimum atomic E-state index is -4.26. The van der Waals surface area contributed by atoms with Gasteiger partial charge in [0.1, 0.15) is 36.9 Å². The molecule has 0 bridgehead atoms. The van der Waals surface area contributed by atoms with Crippen LogP contribution in [0.1, 0.15) is 18.1 Å². The summed E-state index contributed by atoms with van der Waals surface area (Å²) in [7, 11) is -7.56. The number of fused-ring (bicyclic) bond motifs is 1. The summed E-state index contributed by atoms with van der Waals surface area (Å²) >= 11 is 1.05. The third-order valence-corrected chi connectivity index (χ3v) is 8.93. The zero-order valence-electron chi connectivity index (χ0n) is 18.3. The largest absolute Gasteiger partial charge is 0.511 e. The number of carbonyl (C=O) groups excluding carboxylic acids is 1. The molecule has 34 heavy (non-hydrogen) atoms. The van der Waals surface area contributed by atoms with Crippen molar-refractivity contribution in [2.45, 2.75) is 24.8 Å². The van der Waals surface area contributed by atoms with Gasteiger partial charge >= 0.3 is 0 Å². The van der Waals surface area contributed by atoms with Gasteiger partial charge in [-0.2, -0.15) is 8.42 Å². The molecule has 182 valence electrons. The van der Waals surface area contributed by atoms with Crippen molar-refractivity contribution in [3.05, 3.63) is 57.9 Å². The van der Waals surface area contributed by atoms with Gasteiger partial charge < -0.3 is 15.3 Å². The molecule has 4 rings (SSSR count). The highest BCUT2D eigenvalue weighted by atomic mass is 32.2. The molecular weight excluding hydrogens is 505 g/mol. The normalized spacial score (nSPS) is 20.1. The van der Waals surface area contributed by atoms with Gasteiger partial charge in [0.15, 0.2) is 5.84 Å². The zero-order chi connectivity index (χ0) is 24.8. The molecule has 1 unspecified atom stereocenters. The van der Waals surface area contributed by atoms with Crippen molar-refractivity contribution in [2.75, 3.05) is 23.9 Å². The van der Waals surface area contributed by atoms with Gasteiger partial charge in [0, 0.05) is 25.3 Å². The second-order valence-electron chi connectivity index (χ2n) is 8.31. The van der Waals surface area contributed by atoms with E-state index in [1.165, 1.54) is 17.0 Å². The van der Waals surface area contributed by atoms with E-state index in [4.69, 9.17) is 0 Å². The van der Waals surface area contributed by atoms with E-state index in [-0.39, 0.29) is 52.3 Å². The summed E-state index contributed by atoms with van der Waals surface area (Å²) < 4.78 is 66.0. The van der Waals surface area contributed by atoms with E-state index in [0.29, 0.717) is 11.1 Å². The Morgan fingerprint density at radius 3 is 2.62 bits per heavy atom. The predicted octanol–water partition coefficient (Wildman–Crippen LogP) is 2.48. The number of nitrogens with zero attached hydrogens (tertiary/aromatic N) is 2. The molecule has 1 aromatic carbocycles. The standard InChI is InChI=1S/C21H22FN3O6S3/c1-12-9-25(10-13-3-5-15(22)6-4-13)21(27)16(17(12)26)19-23-20-18(34(30,31)24-19)14(11-32-20)7-8-33(2,28)29/h3-6,11-12,26H,7-10H2,1-2H3,(H,23,24). The van der Waals surface area contributed by atoms with Crippen molar-refractivity contribution in [3.8, 4) is 0 Å². The van der Waals surface area contributed by atoms with Crippen LogP contribution in [0.2, 0.25) is 0 Å². The van der Waals surface area contributed by atoms with E-state index in [2.05, 4.69) is 9.71 Å². The lowest BCUT2D eigenvalue weighted by Gasteiger charge is -2.33. The Morgan fingerprint density at radius 2 is 1.97 bits per heavy atom. The number of aliphatic hydroxyl groups is 1. The first-order valence-electron chi connectivity index (χ1n) is 10.2. The number of amides is 1. The first kappa shape index (κ1) is 24.4. The smallest absolute Gasteiger partial charge is 0.287 e. The molecule has 1 amide bonds. The van der Waals surface area contributed by atoms with Crippen LogP contribution in [0.4, 0.5) is 9.39 Å². The summed E-state index contributed by atoms with van der Waals surface area (Å²) in [5.41, 5.74) is 0.742. The maximum Gasteiger partial charge on any atom is 0.287 e. The van der Waals surface area contributed by atoms with Gasteiger partial charge in [-0.05, 0) is 35.1 Å². The lowest BCUT2D eigenvalue weighted by molar-refractivity contribution is -0.129. The fourth-order valence-corrected chi connectivity index (χ4v) is 7.07. The first-order chi connectivity index (χ1) is 15.9. The van der Waals surface area contributed by atoms with E-state index in [0.717, 1.165) is 17.6 Å². The number of aliphatic hydroxyl groups excluding tert-OH is 1. The van der Waals surface area contributed by atoms with Crippen LogP contribution in [0.25, 0.3) is 0 Å². The molecule has 0 aliphatic carbocycles. The van der Waals surface area contributed by atoms with Gasteiger partial charge in [-0.1, -0.05) is 19.1 Å². The van der Waals surface area contributed by atoms with Crippen LogP contribution in [0.15, 0.2) is 50.3 Å².